The van der Waals surface area contributed by atoms with Crippen molar-refractivity contribution < 1.29 is 18.4 Å². The highest BCUT2D eigenvalue weighted by atomic mass is 19.1. The third-order valence-electron chi connectivity index (χ3n) is 2.43. The molecule has 19 heavy (non-hydrogen) atoms. The summed E-state index contributed by atoms with van der Waals surface area (Å²) in [5.41, 5.74) is 0.256. The van der Waals surface area contributed by atoms with Crippen LogP contribution in [0.3, 0.4) is 0 Å². The molecule has 1 aromatic carbocycles. The van der Waals surface area contributed by atoms with E-state index in [9.17, 15) is 9.18 Å². The fourth-order valence-electron chi connectivity index (χ4n) is 1.41. The predicted octanol–water partition coefficient (Wildman–Crippen LogP) is 2.72. The van der Waals surface area contributed by atoms with Gasteiger partial charge >= 0.3 is 0 Å². The van der Waals surface area contributed by atoms with Gasteiger partial charge in [0.05, 0.1) is 0 Å². The number of aldehydes is 1. The van der Waals surface area contributed by atoms with E-state index >= 15 is 0 Å². The van der Waals surface area contributed by atoms with E-state index in [1.807, 2.05) is 13.8 Å². The van der Waals surface area contributed by atoms with Crippen LogP contribution in [0.2, 0.25) is 0 Å². The minimum atomic E-state index is -0.600. The van der Waals surface area contributed by atoms with Crippen LogP contribution in [-0.4, -0.2) is 16.4 Å². The highest BCUT2D eigenvalue weighted by molar-refractivity contribution is 5.74. The molecule has 0 atom stereocenters. The van der Waals surface area contributed by atoms with E-state index in [0.717, 1.165) is 6.07 Å². The molecule has 0 spiro atoms. The molecule has 1 aromatic heterocycles. The van der Waals surface area contributed by atoms with Crippen molar-refractivity contribution in [1.29, 1.82) is 0 Å². The van der Waals surface area contributed by atoms with Crippen molar-refractivity contribution in [2.75, 3.05) is 0 Å². The standard InChI is InChI=1S/C13H13FN2O3/c1-8(2)13-15-12(16-19-13)7-18-11-4-3-9(6-17)5-10(11)14/h3-6,8H,7H2,1-2H3. The van der Waals surface area contributed by atoms with Crippen molar-refractivity contribution in [3.05, 3.63) is 41.3 Å². The molecular formula is C13H13FN2O3. The second-order valence-corrected chi connectivity index (χ2v) is 4.30. The molecule has 1 heterocycles. The maximum atomic E-state index is 13.5. The van der Waals surface area contributed by atoms with Gasteiger partial charge in [0.25, 0.3) is 0 Å². The second-order valence-electron chi connectivity index (χ2n) is 4.30. The first-order valence-corrected chi connectivity index (χ1v) is 5.80. The molecule has 0 aliphatic carbocycles. The Labute approximate surface area is 109 Å². The molecule has 0 N–H and O–H groups in total. The third-order valence-corrected chi connectivity index (χ3v) is 2.43. The lowest BCUT2D eigenvalue weighted by molar-refractivity contribution is 0.112. The van der Waals surface area contributed by atoms with Gasteiger partial charge in [-0.1, -0.05) is 19.0 Å². The van der Waals surface area contributed by atoms with Crippen LogP contribution in [0.5, 0.6) is 5.75 Å². The Morgan fingerprint density at radius 3 is 2.84 bits per heavy atom. The van der Waals surface area contributed by atoms with E-state index < -0.39 is 5.82 Å². The Hall–Kier alpha value is -2.24. The second kappa shape index (κ2) is 5.60. The molecular weight excluding hydrogens is 251 g/mol. The van der Waals surface area contributed by atoms with Crippen LogP contribution in [0.15, 0.2) is 22.7 Å². The van der Waals surface area contributed by atoms with Crippen molar-refractivity contribution in [2.45, 2.75) is 26.4 Å². The minimum absolute atomic E-state index is 0.00752. The van der Waals surface area contributed by atoms with Crippen molar-refractivity contribution >= 4 is 6.29 Å². The average Bonchev–Trinajstić information content (AvgIpc) is 2.86. The summed E-state index contributed by atoms with van der Waals surface area (Å²) in [5.74, 6) is 0.432. The zero-order valence-electron chi connectivity index (χ0n) is 10.6. The van der Waals surface area contributed by atoms with E-state index in [2.05, 4.69) is 10.1 Å². The van der Waals surface area contributed by atoms with E-state index in [0.29, 0.717) is 18.0 Å². The molecule has 0 unspecified atom stereocenters. The topological polar surface area (TPSA) is 65.2 Å². The van der Waals surface area contributed by atoms with Crippen LogP contribution >= 0.6 is 0 Å². The van der Waals surface area contributed by atoms with Gasteiger partial charge in [0.15, 0.2) is 18.2 Å². The zero-order valence-corrected chi connectivity index (χ0v) is 10.6. The summed E-state index contributed by atoms with van der Waals surface area (Å²) >= 11 is 0. The average molecular weight is 264 g/mol. The van der Waals surface area contributed by atoms with Crippen LogP contribution in [0.25, 0.3) is 0 Å². The fraction of sp³-hybridized carbons (Fsp3) is 0.308. The Balaban J connectivity index is 2.03. The highest BCUT2D eigenvalue weighted by Crippen LogP contribution is 2.19. The van der Waals surface area contributed by atoms with Gasteiger partial charge in [0.1, 0.15) is 6.29 Å². The number of carbonyl (C=O) groups is 1. The molecule has 5 nitrogen and oxygen atoms in total. The molecule has 0 aliphatic heterocycles. The molecule has 0 amide bonds. The summed E-state index contributed by atoms with van der Waals surface area (Å²) in [7, 11) is 0. The summed E-state index contributed by atoms with van der Waals surface area (Å²) < 4.78 is 23.8. The minimum Gasteiger partial charge on any atom is -0.482 e. The lowest BCUT2D eigenvalue weighted by atomic mass is 10.2. The summed E-state index contributed by atoms with van der Waals surface area (Å²) in [5, 5.41) is 3.73. The molecule has 100 valence electrons. The summed E-state index contributed by atoms with van der Waals surface area (Å²) in [6, 6.07) is 3.97. The maximum absolute atomic E-state index is 13.5. The summed E-state index contributed by atoms with van der Waals surface area (Å²) in [4.78, 5) is 14.6. The first-order valence-electron chi connectivity index (χ1n) is 5.80. The first kappa shape index (κ1) is 13.2. The number of aromatic nitrogens is 2. The summed E-state index contributed by atoms with van der Waals surface area (Å²) in [6.45, 7) is 3.86. The number of ether oxygens (including phenoxy) is 1. The number of nitrogens with zero attached hydrogens (tertiary/aromatic N) is 2. The molecule has 0 radical (unpaired) electrons. The van der Waals surface area contributed by atoms with Gasteiger partial charge in [-0.25, -0.2) is 4.39 Å². The number of halogens is 1. The quantitative estimate of drug-likeness (QED) is 0.777. The van der Waals surface area contributed by atoms with Gasteiger partial charge in [-0.15, -0.1) is 0 Å². The molecule has 0 saturated heterocycles. The SMILES string of the molecule is CC(C)c1nc(COc2ccc(C=O)cc2F)no1. The number of benzene rings is 1. The van der Waals surface area contributed by atoms with Crippen LogP contribution < -0.4 is 4.74 Å². The normalized spacial score (nSPS) is 10.7. The van der Waals surface area contributed by atoms with Crippen LogP contribution in [0.4, 0.5) is 4.39 Å². The number of hydrogen-bond acceptors (Lipinski definition) is 5. The molecule has 2 rings (SSSR count). The van der Waals surface area contributed by atoms with Crippen molar-refractivity contribution in [1.82, 2.24) is 10.1 Å². The van der Waals surface area contributed by atoms with Crippen LogP contribution in [-0.2, 0) is 6.61 Å². The molecule has 0 aliphatic rings. The molecule has 6 heteroatoms. The molecule has 0 bridgehead atoms. The first-order chi connectivity index (χ1) is 9.10. The molecule has 2 aromatic rings. The Morgan fingerprint density at radius 1 is 1.47 bits per heavy atom. The third kappa shape index (κ3) is 3.15. The van der Waals surface area contributed by atoms with Crippen molar-refractivity contribution in [3.8, 4) is 5.75 Å². The van der Waals surface area contributed by atoms with Gasteiger partial charge in [-0.2, -0.15) is 4.98 Å². The van der Waals surface area contributed by atoms with Crippen molar-refractivity contribution in [3.63, 3.8) is 0 Å². The van der Waals surface area contributed by atoms with Gasteiger partial charge in [0, 0.05) is 11.5 Å². The monoisotopic (exact) mass is 264 g/mol. The van der Waals surface area contributed by atoms with Gasteiger partial charge in [-0.3, -0.25) is 4.79 Å². The smallest absolute Gasteiger partial charge is 0.229 e. The van der Waals surface area contributed by atoms with E-state index in [4.69, 9.17) is 9.26 Å². The Bertz CT molecular complexity index is 581. The number of hydrogen-bond donors (Lipinski definition) is 0. The van der Waals surface area contributed by atoms with E-state index in [1.165, 1.54) is 12.1 Å². The van der Waals surface area contributed by atoms with Crippen molar-refractivity contribution in [2.24, 2.45) is 0 Å². The number of carbonyl (C=O) groups excluding carboxylic acids is 1. The largest absolute Gasteiger partial charge is 0.482 e. The van der Waals surface area contributed by atoms with Gasteiger partial charge < -0.3 is 9.26 Å². The fourth-order valence-corrected chi connectivity index (χ4v) is 1.41. The summed E-state index contributed by atoms with van der Waals surface area (Å²) in [6.07, 6.45) is 0.570. The molecule has 0 saturated carbocycles. The van der Waals surface area contributed by atoms with Crippen LogP contribution in [0.1, 0.15) is 41.8 Å². The van der Waals surface area contributed by atoms with Gasteiger partial charge in [0.2, 0.25) is 11.7 Å². The lowest BCUT2D eigenvalue weighted by Gasteiger charge is -2.04. The predicted molar refractivity (Wildman–Crippen MR) is 64.5 cm³/mol. The Kier molecular flexibility index (Phi) is 3.89. The highest BCUT2D eigenvalue weighted by Gasteiger charge is 2.11. The maximum Gasteiger partial charge on any atom is 0.229 e. The van der Waals surface area contributed by atoms with Gasteiger partial charge in [-0.05, 0) is 18.2 Å². The van der Waals surface area contributed by atoms with Crippen LogP contribution in [0, 0.1) is 5.82 Å². The lowest BCUT2D eigenvalue weighted by Crippen LogP contribution is -2.00. The zero-order chi connectivity index (χ0) is 13.8. The number of rotatable bonds is 5. The Morgan fingerprint density at radius 2 is 2.26 bits per heavy atom. The molecule has 0 fully saturated rings. The van der Waals surface area contributed by atoms with E-state index in [1.54, 1.807) is 0 Å². The van der Waals surface area contributed by atoms with E-state index in [-0.39, 0.29) is 23.8 Å².